The molecule has 0 fully saturated rings. The molecule has 21 heavy (non-hydrogen) atoms. The van der Waals surface area contributed by atoms with Crippen LogP contribution < -0.4 is 5.32 Å². The molecular weight excluding hydrogens is 258 g/mol. The first-order chi connectivity index (χ1) is 9.97. The Labute approximate surface area is 131 Å². The Morgan fingerprint density at radius 2 is 2.00 bits per heavy atom. The highest BCUT2D eigenvalue weighted by atomic mass is 15.1. The zero-order valence-corrected chi connectivity index (χ0v) is 14.5. The third kappa shape index (κ3) is 7.05. The maximum atomic E-state index is 4.43. The van der Waals surface area contributed by atoms with E-state index in [0.29, 0.717) is 11.5 Å². The van der Waals surface area contributed by atoms with Crippen LogP contribution in [0.25, 0.3) is 0 Å². The van der Waals surface area contributed by atoms with Crippen molar-refractivity contribution in [2.45, 2.75) is 60.0 Å². The Morgan fingerprint density at radius 1 is 1.24 bits per heavy atom. The fraction of sp³-hybridized carbons (Fsp3) is 0.722. The van der Waals surface area contributed by atoms with Gasteiger partial charge in [-0.15, -0.1) is 0 Å². The van der Waals surface area contributed by atoms with Gasteiger partial charge in [-0.25, -0.2) is 0 Å². The summed E-state index contributed by atoms with van der Waals surface area (Å²) in [4.78, 5) is 6.92. The van der Waals surface area contributed by atoms with Crippen LogP contribution in [-0.4, -0.2) is 35.6 Å². The molecule has 0 amide bonds. The summed E-state index contributed by atoms with van der Waals surface area (Å²) in [6.45, 7) is 15.7. The van der Waals surface area contributed by atoms with Crippen molar-refractivity contribution in [2.75, 3.05) is 19.6 Å². The van der Waals surface area contributed by atoms with E-state index in [1.54, 1.807) is 0 Å². The van der Waals surface area contributed by atoms with E-state index < -0.39 is 0 Å². The maximum absolute atomic E-state index is 4.43. The lowest BCUT2D eigenvalue weighted by atomic mass is 9.84. The van der Waals surface area contributed by atoms with Gasteiger partial charge < -0.3 is 5.32 Å². The van der Waals surface area contributed by atoms with Crippen molar-refractivity contribution >= 4 is 0 Å². The first-order valence-electron chi connectivity index (χ1n) is 8.33. The molecule has 0 saturated carbocycles. The Hall–Kier alpha value is -0.930. The van der Waals surface area contributed by atoms with E-state index in [1.807, 2.05) is 12.3 Å². The number of hydrogen-bond acceptors (Lipinski definition) is 3. The average Bonchev–Trinajstić information content (AvgIpc) is 2.45. The molecule has 0 aliphatic heterocycles. The number of pyridine rings is 1. The minimum atomic E-state index is 0.305. The van der Waals surface area contributed by atoms with Gasteiger partial charge in [-0.2, -0.15) is 0 Å². The molecular formula is C18H33N3. The van der Waals surface area contributed by atoms with Gasteiger partial charge in [0.05, 0.1) is 5.69 Å². The number of rotatable bonds is 9. The van der Waals surface area contributed by atoms with Crippen LogP contribution in [0.15, 0.2) is 24.4 Å². The first kappa shape index (κ1) is 18.1. The number of hydrogen-bond donors (Lipinski definition) is 1. The minimum absolute atomic E-state index is 0.305. The third-order valence-corrected chi connectivity index (χ3v) is 3.98. The molecule has 120 valence electrons. The van der Waals surface area contributed by atoms with Crippen molar-refractivity contribution in [1.82, 2.24) is 15.2 Å². The summed E-state index contributed by atoms with van der Waals surface area (Å²) in [5.41, 5.74) is 1.47. The van der Waals surface area contributed by atoms with Crippen LogP contribution in [0.4, 0.5) is 0 Å². The van der Waals surface area contributed by atoms with Gasteiger partial charge in [-0.3, -0.25) is 9.88 Å². The topological polar surface area (TPSA) is 28.2 Å². The summed E-state index contributed by atoms with van der Waals surface area (Å²) in [5, 5.41) is 3.71. The summed E-state index contributed by atoms with van der Waals surface area (Å²) in [5.74, 6) is 0. The largest absolute Gasteiger partial charge is 0.313 e. The van der Waals surface area contributed by atoms with Crippen molar-refractivity contribution in [3.05, 3.63) is 30.1 Å². The smallest absolute Gasteiger partial charge is 0.0543 e. The lowest BCUT2D eigenvalue weighted by molar-refractivity contribution is 0.203. The van der Waals surface area contributed by atoms with E-state index in [4.69, 9.17) is 0 Å². The quantitative estimate of drug-likeness (QED) is 0.752. The van der Waals surface area contributed by atoms with Gasteiger partial charge in [0.2, 0.25) is 0 Å². The molecule has 1 unspecified atom stereocenters. The molecule has 0 spiro atoms. The Kier molecular flexibility index (Phi) is 7.91. The lowest BCUT2D eigenvalue weighted by Crippen LogP contribution is -2.43. The second kappa shape index (κ2) is 9.16. The first-order valence-corrected chi connectivity index (χ1v) is 8.33. The van der Waals surface area contributed by atoms with Crippen LogP contribution in [0.1, 0.15) is 53.2 Å². The molecule has 3 nitrogen and oxygen atoms in total. The SMILES string of the molecule is CCCNC(CCN(CC)Cc1ccccn1)C(C)(C)C. The maximum Gasteiger partial charge on any atom is 0.0543 e. The lowest BCUT2D eigenvalue weighted by Gasteiger charge is -2.33. The molecule has 0 saturated heterocycles. The van der Waals surface area contributed by atoms with Gasteiger partial charge in [0.1, 0.15) is 0 Å². The van der Waals surface area contributed by atoms with Crippen LogP contribution in [0.2, 0.25) is 0 Å². The molecule has 0 aromatic carbocycles. The molecule has 0 aliphatic rings. The Balaban J connectivity index is 2.51. The molecule has 3 heteroatoms. The predicted molar refractivity (Wildman–Crippen MR) is 91.3 cm³/mol. The average molecular weight is 291 g/mol. The molecule has 0 aliphatic carbocycles. The van der Waals surface area contributed by atoms with Crippen LogP contribution in [0, 0.1) is 5.41 Å². The number of nitrogens with one attached hydrogen (secondary N) is 1. The molecule has 1 atom stereocenters. The fourth-order valence-electron chi connectivity index (χ4n) is 2.54. The monoisotopic (exact) mass is 291 g/mol. The molecule has 1 N–H and O–H groups in total. The van der Waals surface area contributed by atoms with Crippen LogP contribution in [0.3, 0.4) is 0 Å². The van der Waals surface area contributed by atoms with Gasteiger partial charge in [0, 0.05) is 25.3 Å². The number of nitrogens with zero attached hydrogens (tertiary/aromatic N) is 2. The standard InChI is InChI=1S/C18H33N3/c1-6-12-20-17(18(3,4)5)11-14-21(7-2)15-16-10-8-9-13-19-16/h8-10,13,17,20H,6-7,11-12,14-15H2,1-5H3. The summed E-state index contributed by atoms with van der Waals surface area (Å²) < 4.78 is 0. The van der Waals surface area contributed by atoms with Crippen LogP contribution in [-0.2, 0) is 6.54 Å². The van der Waals surface area contributed by atoms with Crippen molar-refractivity contribution in [1.29, 1.82) is 0 Å². The van der Waals surface area contributed by atoms with Crippen LogP contribution >= 0.6 is 0 Å². The molecule has 1 aromatic heterocycles. The zero-order valence-electron chi connectivity index (χ0n) is 14.5. The van der Waals surface area contributed by atoms with E-state index in [0.717, 1.165) is 31.9 Å². The summed E-state index contributed by atoms with van der Waals surface area (Å²) in [6, 6.07) is 6.72. The molecule has 1 aromatic rings. The molecule has 0 bridgehead atoms. The van der Waals surface area contributed by atoms with Gasteiger partial charge in [-0.05, 0) is 43.5 Å². The van der Waals surface area contributed by atoms with E-state index in [-0.39, 0.29) is 0 Å². The Bertz CT molecular complexity index is 370. The normalized spacial score (nSPS) is 13.6. The van der Waals surface area contributed by atoms with Gasteiger partial charge in [-0.1, -0.05) is 40.7 Å². The molecule has 1 heterocycles. The highest BCUT2D eigenvalue weighted by molar-refractivity contribution is 5.03. The molecule has 0 radical (unpaired) electrons. The van der Waals surface area contributed by atoms with Crippen LogP contribution in [0.5, 0.6) is 0 Å². The van der Waals surface area contributed by atoms with Crippen molar-refractivity contribution in [3.63, 3.8) is 0 Å². The van der Waals surface area contributed by atoms with Crippen molar-refractivity contribution < 1.29 is 0 Å². The predicted octanol–water partition coefficient (Wildman–Crippen LogP) is 3.71. The molecule has 1 rings (SSSR count). The van der Waals surface area contributed by atoms with E-state index >= 15 is 0 Å². The highest BCUT2D eigenvalue weighted by Gasteiger charge is 2.24. The minimum Gasteiger partial charge on any atom is -0.313 e. The summed E-state index contributed by atoms with van der Waals surface area (Å²) in [7, 11) is 0. The summed E-state index contributed by atoms with van der Waals surface area (Å²) >= 11 is 0. The highest BCUT2D eigenvalue weighted by Crippen LogP contribution is 2.22. The number of aromatic nitrogens is 1. The second-order valence-electron chi connectivity index (χ2n) is 6.85. The van der Waals surface area contributed by atoms with Gasteiger partial charge in [0.15, 0.2) is 0 Å². The summed E-state index contributed by atoms with van der Waals surface area (Å²) in [6.07, 6.45) is 4.26. The van der Waals surface area contributed by atoms with E-state index in [9.17, 15) is 0 Å². The third-order valence-electron chi connectivity index (χ3n) is 3.98. The fourth-order valence-corrected chi connectivity index (χ4v) is 2.54. The van der Waals surface area contributed by atoms with Gasteiger partial charge >= 0.3 is 0 Å². The second-order valence-corrected chi connectivity index (χ2v) is 6.85. The van der Waals surface area contributed by atoms with E-state index in [2.05, 4.69) is 62.0 Å². The van der Waals surface area contributed by atoms with E-state index in [1.165, 1.54) is 12.8 Å². The van der Waals surface area contributed by atoms with Crippen molar-refractivity contribution in [3.8, 4) is 0 Å². The Morgan fingerprint density at radius 3 is 2.52 bits per heavy atom. The van der Waals surface area contributed by atoms with Gasteiger partial charge in [0.25, 0.3) is 0 Å². The van der Waals surface area contributed by atoms with Crippen molar-refractivity contribution in [2.24, 2.45) is 5.41 Å². The zero-order chi connectivity index (χ0) is 15.7.